The summed E-state index contributed by atoms with van der Waals surface area (Å²) in [6.45, 7) is 7.23. The molecule has 0 bridgehead atoms. The van der Waals surface area contributed by atoms with Gasteiger partial charge in [0.1, 0.15) is 11.3 Å². The number of ether oxygens (including phenoxy) is 1. The fourth-order valence-corrected chi connectivity index (χ4v) is 2.43. The summed E-state index contributed by atoms with van der Waals surface area (Å²) in [5, 5.41) is 4.62. The van der Waals surface area contributed by atoms with E-state index in [0.717, 1.165) is 29.7 Å². The zero-order chi connectivity index (χ0) is 13.9. The van der Waals surface area contributed by atoms with Crippen molar-refractivity contribution in [1.29, 1.82) is 0 Å². The fourth-order valence-electron chi connectivity index (χ4n) is 2.43. The van der Waals surface area contributed by atoms with Crippen molar-refractivity contribution in [2.45, 2.75) is 38.8 Å². The van der Waals surface area contributed by atoms with E-state index in [0.29, 0.717) is 0 Å². The number of hydrogen-bond donors (Lipinski definition) is 1. The van der Waals surface area contributed by atoms with E-state index in [9.17, 15) is 0 Å². The number of benzene rings is 1. The molecule has 3 nitrogen and oxygen atoms in total. The van der Waals surface area contributed by atoms with Gasteiger partial charge in [-0.2, -0.15) is 0 Å². The van der Waals surface area contributed by atoms with E-state index in [2.05, 4.69) is 38.2 Å². The third-order valence-corrected chi connectivity index (χ3v) is 3.92. The quantitative estimate of drug-likeness (QED) is 0.856. The van der Waals surface area contributed by atoms with Crippen LogP contribution in [0, 0.1) is 0 Å². The van der Waals surface area contributed by atoms with Gasteiger partial charge in [-0.05, 0) is 32.0 Å². The Labute approximate surface area is 114 Å². The van der Waals surface area contributed by atoms with E-state index < -0.39 is 0 Å². The van der Waals surface area contributed by atoms with Gasteiger partial charge in [-0.15, -0.1) is 0 Å². The molecule has 0 amide bonds. The highest BCUT2D eigenvalue weighted by atomic mass is 16.5. The standard InChI is InChI=1S/C16H23NO2/c1-5-16(3,18-4)15(17-6-2)14-11-12-9-7-8-10-13(12)19-14/h7-11,15,17H,5-6H2,1-4H3. The Balaban J connectivity index is 2.43. The summed E-state index contributed by atoms with van der Waals surface area (Å²) in [6, 6.07) is 10.3. The van der Waals surface area contributed by atoms with Crippen LogP contribution in [-0.2, 0) is 4.74 Å². The lowest BCUT2D eigenvalue weighted by Gasteiger charge is -2.35. The van der Waals surface area contributed by atoms with Crippen LogP contribution < -0.4 is 5.32 Å². The van der Waals surface area contributed by atoms with Gasteiger partial charge in [-0.3, -0.25) is 0 Å². The maximum Gasteiger partial charge on any atom is 0.134 e. The van der Waals surface area contributed by atoms with E-state index in [1.54, 1.807) is 7.11 Å². The van der Waals surface area contributed by atoms with E-state index in [-0.39, 0.29) is 11.6 Å². The first-order valence-corrected chi connectivity index (χ1v) is 6.91. The number of rotatable bonds is 6. The molecule has 0 aliphatic heterocycles. The maximum absolute atomic E-state index is 5.99. The summed E-state index contributed by atoms with van der Waals surface area (Å²) in [4.78, 5) is 0. The van der Waals surface area contributed by atoms with Crippen molar-refractivity contribution in [2.24, 2.45) is 0 Å². The Kier molecular flexibility index (Phi) is 4.27. The van der Waals surface area contributed by atoms with Crippen LogP contribution >= 0.6 is 0 Å². The summed E-state index contributed by atoms with van der Waals surface area (Å²) in [5.74, 6) is 0.939. The van der Waals surface area contributed by atoms with Gasteiger partial charge in [0, 0.05) is 12.5 Å². The van der Waals surface area contributed by atoms with E-state index in [1.807, 2.05) is 18.2 Å². The molecule has 19 heavy (non-hydrogen) atoms. The Bertz CT molecular complexity index is 495. The molecule has 1 N–H and O–H groups in total. The molecule has 0 radical (unpaired) electrons. The van der Waals surface area contributed by atoms with Gasteiger partial charge in [-0.25, -0.2) is 0 Å². The maximum atomic E-state index is 5.99. The zero-order valence-corrected chi connectivity index (χ0v) is 12.2. The van der Waals surface area contributed by atoms with Crippen LogP contribution in [0.1, 0.15) is 39.0 Å². The number of nitrogens with one attached hydrogen (secondary N) is 1. The summed E-state index contributed by atoms with van der Waals surface area (Å²) in [5.41, 5.74) is 0.652. The Morgan fingerprint density at radius 1 is 1.32 bits per heavy atom. The Hall–Kier alpha value is -1.32. The molecule has 0 fully saturated rings. The summed E-state index contributed by atoms with van der Waals surface area (Å²) in [6.07, 6.45) is 0.915. The first-order chi connectivity index (χ1) is 9.14. The van der Waals surface area contributed by atoms with Crippen LogP contribution in [0.5, 0.6) is 0 Å². The SMILES string of the molecule is CCNC(c1cc2ccccc2o1)C(C)(CC)OC. The molecule has 0 spiro atoms. The van der Waals surface area contributed by atoms with E-state index >= 15 is 0 Å². The zero-order valence-electron chi connectivity index (χ0n) is 12.2. The second kappa shape index (κ2) is 5.76. The number of furan rings is 1. The largest absolute Gasteiger partial charge is 0.459 e. The minimum Gasteiger partial charge on any atom is -0.459 e. The molecule has 2 unspecified atom stereocenters. The first-order valence-electron chi connectivity index (χ1n) is 6.91. The lowest BCUT2D eigenvalue weighted by molar-refractivity contribution is -0.0346. The average molecular weight is 261 g/mol. The Morgan fingerprint density at radius 3 is 2.63 bits per heavy atom. The third kappa shape index (κ3) is 2.67. The monoisotopic (exact) mass is 261 g/mol. The lowest BCUT2D eigenvalue weighted by atomic mass is 9.91. The van der Waals surface area contributed by atoms with Crippen molar-refractivity contribution in [2.75, 3.05) is 13.7 Å². The van der Waals surface area contributed by atoms with Crippen molar-refractivity contribution < 1.29 is 9.15 Å². The summed E-state index contributed by atoms with van der Waals surface area (Å²) in [7, 11) is 1.76. The minimum atomic E-state index is -0.274. The molecule has 1 heterocycles. The van der Waals surface area contributed by atoms with Crippen LogP contribution in [0.25, 0.3) is 11.0 Å². The van der Waals surface area contributed by atoms with Crippen molar-refractivity contribution in [3.63, 3.8) is 0 Å². The first kappa shape index (κ1) is 14.1. The van der Waals surface area contributed by atoms with Gasteiger partial charge >= 0.3 is 0 Å². The molecule has 0 saturated heterocycles. The number of hydrogen-bond acceptors (Lipinski definition) is 3. The van der Waals surface area contributed by atoms with Crippen molar-refractivity contribution >= 4 is 11.0 Å². The predicted octanol–water partition coefficient (Wildman–Crippen LogP) is 3.90. The third-order valence-electron chi connectivity index (χ3n) is 3.92. The topological polar surface area (TPSA) is 34.4 Å². The van der Waals surface area contributed by atoms with Crippen molar-refractivity contribution in [1.82, 2.24) is 5.32 Å². The van der Waals surface area contributed by atoms with Gasteiger partial charge in [0.25, 0.3) is 0 Å². The van der Waals surface area contributed by atoms with Gasteiger partial charge in [-0.1, -0.05) is 32.0 Å². The molecule has 0 aliphatic carbocycles. The molecule has 2 atom stereocenters. The van der Waals surface area contributed by atoms with Crippen LogP contribution in [0.15, 0.2) is 34.7 Å². The Morgan fingerprint density at radius 2 is 2.05 bits per heavy atom. The van der Waals surface area contributed by atoms with Crippen LogP contribution in [0.2, 0.25) is 0 Å². The smallest absolute Gasteiger partial charge is 0.134 e. The number of para-hydroxylation sites is 1. The van der Waals surface area contributed by atoms with Gasteiger partial charge < -0.3 is 14.5 Å². The van der Waals surface area contributed by atoms with Crippen molar-refractivity contribution in [3.05, 3.63) is 36.1 Å². The second-order valence-electron chi connectivity index (χ2n) is 5.05. The number of likely N-dealkylation sites (N-methyl/N-ethyl adjacent to an activating group) is 1. The predicted molar refractivity (Wildman–Crippen MR) is 78.3 cm³/mol. The minimum absolute atomic E-state index is 0.0555. The molecule has 2 aromatic rings. The molecule has 1 aromatic heterocycles. The van der Waals surface area contributed by atoms with Gasteiger partial charge in [0.15, 0.2) is 0 Å². The number of methoxy groups -OCH3 is 1. The highest BCUT2D eigenvalue weighted by Crippen LogP contribution is 2.34. The molecule has 0 saturated carbocycles. The molecule has 1 aromatic carbocycles. The van der Waals surface area contributed by atoms with Crippen molar-refractivity contribution in [3.8, 4) is 0 Å². The highest BCUT2D eigenvalue weighted by Gasteiger charge is 2.35. The highest BCUT2D eigenvalue weighted by molar-refractivity contribution is 5.77. The van der Waals surface area contributed by atoms with Crippen LogP contribution in [-0.4, -0.2) is 19.3 Å². The van der Waals surface area contributed by atoms with Gasteiger partial charge in [0.2, 0.25) is 0 Å². The second-order valence-corrected chi connectivity index (χ2v) is 5.05. The molecule has 104 valence electrons. The molecular formula is C16H23NO2. The lowest BCUT2D eigenvalue weighted by Crippen LogP contribution is -2.42. The molecule has 2 rings (SSSR count). The molecular weight excluding hydrogens is 238 g/mol. The van der Waals surface area contributed by atoms with Crippen LogP contribution in [0.4, 0.5) is 0 Å². The van der Waals surface area contributed by atoms with Gasteiger partial charge in [0.05, 0.1) is 11.6 Å². The summed E-state index contributed by atoms with van der Waals surface area (Å²) >= 11 is 0. The average Bonchev–Trinajstić information content (AvgIpc) is 2.87. The van der Waals surface area contributed by atoms with E-state index in [4.69, 9.17) is 9.15 Å². The molecule has 3 heteroatoms. The van der Waals surface area contributed by atoms with Crippen LogP contribution in [0.3, 0.4) is 0 Å². The normalized spacial score (nSPS) is 16.4. The van der Waals surface area contributed by atoms with E-state index in [1.165, 1.54) is 0 Å². The molecule has 0 aliphatic rings. The summed E-state index contributed by atoms with van der Waals surface area (Å²) < 4.78 is 11.7. The fraction of sp³-hybridized carbons (Fsp3) is 0.500. The number of fused-ring (bicyclic) bond motifs is 1.